The van der Waals surface area contributed by atoms with Crippen molar-refractivity contribution >= 4 is 27.6 Å². The Morgan fingerprint density at radius 2 is 2.04 bits per heavy atom. The quantitative estimate of drug-likeness (QED) is 0.743. The summed E-state index contributed by atoms with van der Waals surface area (Å²) >= 11 is 0. The van der Waals surface area contributed by atoms with Crippen LogP contribution in [0.3, 0.4) is 0 Å². The van der Waals surface area contributed by atoms with Crippen LogP contribution in [0, 0.1) is 17.8 Å². The zero-order chi connectivity index (χ0) is 18.0. The monoisotopic (exact) mass is 366 g/mol. The Labute approximate surface area is 147 Å². The Balaban J connectivity index is 1.46. The molecule has 0 aliphatic heterocycles. The van der Waals surface area contributed by atoms with Crippen LogP contribution >= 0.6 is 0 Å². The third-order valence-electron chi connectivity index (χ3n) is 5.12. The van der Waals surface area contributed by atoms with Crippen LogP contribution in [0.4, 0.5) is 5.69 Å². The minimum Gasteiger partial charge on any atom is -0.456 e. The van der Waals surface area contributed by atoms with Crippen molar-refractivity contribution in [2.75, 3.05) is 11.9 Å². The predicted octanol–water partition coefficient (Wildman–Crippen LogP) is 1.64. The minimum absolute atomic E-state index is 0.0985. The number of esters is 1. The van der Waals surface area contributed by atoms with Crippen LogP contribution in [0.2, 0.25) is 0 Å². The first-order chi connectivity index (χ1) is 11.8. The van der Waals surface area contributed by atoms with E-state index in [2.05, 4.69) is 5.32 Å². The van der Waals surface area contributed by atoms with Crippen LogP contribution in [-0.4, -0.2) is 26.9 Å². The van der Waals surface area contributed by atoms with Gasteiger partial charge in [0.2, 0.25) is 10.0 Å². The second-order valence-corrected chi connectivity index (χ2v) is 8.48. The molecule has 2 saturated carbocycles. The van der Waals surface area contributed by atoms with Gasteiger partial charge in [0.1, 0.15) is 0 Å². The van der Waals surface area contributed by atoms with Crippen molar-refractivity contribution in [2.24, 2.45) is 22.9 Å². The van der Waals surface area contributed by atoms with Crippen molar-refractivity contribution < 1.29 is 22.7 Å². The smallest absolute Gasteiger partial charge is 0.306 e. The van der Waals surface area contributed by atoms with Gasteiger partial charge in [0.25, 0.3) is 5.91 Å². The fourth-order valence-electron chi connectivity index (χ4n) is 3.99. The molecule has 8 heteroatoms. The van der Waals surface area contributed by atoms with Gasteiger partial charge >= 0.3 is 5.97 Å². The topological polar surface area (TPSA) is 116 Å². The molecule has 0 aromatic heterocycles. The number of sulfonamides is 1. The predicted molar refractivity (Wildman–Crippen MR) is 91.0 cm³/mol. The molecule has 0 radical (unpaired) electrons. The maximum absolute atomic E-state index is 11.9. The first kappa shape index (κ1) is 17.9. The molecule has 1 aromatic rings. The van der Waals surface area contributed by atoms with Crippen LogP contribution in [0.1, 0.15) is 32.1 Å². The lowest BCUT2D eigenvalue weighted by Crippen LogP contribution is -2.23. The number of rotatable bonds is 6. The van der Waals surface area contributed by atoms with Crippen LogP contribution < -0.4 is 10.5 Å². The molecule has 3 rings (SSSR count). The van der Waals surface area contributed by atoms with E-state index >= 15 is 0 Å². The third-order valence-corrected chi connectivity index (χ3v) is 6.03. The summed E-state index contributed by atoms with van der Waals surface area (Å²) in [6.07, 6.45) is 5.15. The van der Waals surface area contributed by atoms with Crippen molar-refractivity contribution in [1.82, 2.24) is 0 Å². The summed E-state index contributed by atoms with van der Waals surface area (Å²) in [6, 6.07) is 5.59. The summed E-state index contributed by atoms with van der Waals surface area (Å²) in [6.45, 7) is -0.390. The largest absolute Gasteiger partial charge is 0.456 e. The van der Waals surface area contributed by atoms with Gasteiger partial charge in [0, 0.05) is 12.1 Å². The number of fused-ring (bicyclic) bond motifs is 2. The molecule has 1 amide bonds. The maximum Gasteiger partial charge on any atom is 0.306 e. The Bertz CT molecular complexity index is 777. The Morgan fingerprint density at radius 1 is 1.24 bits per heavy atom. The lowest BCUT2D eigenvalue weighted by molar-refractivity contribution is -0.148. The SMILES string of the molecule is NS(=O)(=O)c1cccc(NC(=O)COC(=O)C[C@@H]2C[C@@H]3CC[C@@H]2C3)c1. The lowest BCUT2D eigenvalue weighted by atomic mass is 9.86. The molecule has 2 bridgehead atoms. The summed E-state index contributed by atoms with van der Waals surface area (Å²) in [7, 11) is -3.84. The Kier molecular flexibility index (Phi) is 5.10. The van der Waals surface area contributed by atoms with Gasteiger partial charge in [0.15, 0.2) is 6.61 Å². The molecule has 7 nitrogen and oxygen atoms in total. The summed E-state index contributed by atoms with van der Waals surface area (Å²) in [5.41, 5.74) is 0.278. The highest BCUT2D eigenvalue weighted by molar-refractivity contribution is 7.89. The normalized spacial score (nSPS) is 24.9. The molecular formula is C17H22N2O5S. The van der Waals surface area contributed by atoms with Crippen molar-refractivity contribution in [1.29, 1.82) is 0 Å². The number of hydrogen-bond donors (Lipinski definition) is 2. The Morgan fingerprint density at radius 3 is 2.68 bits per heavy atom. The molecule has 3 atom stereocenters. The highest BCUT2D eigenvalue weighted by Crippen LogP contribution is 2.49. The van der Waals surface area contributed by atoms with Crippen molar-refractivity contribution in [3.05, 3.63) is 24.3 Å². The van der Waals surface area contributed by atoms with E-state index in [4.69, 9.17) is 9.88 Å². The molecule has 0 saturated heterocycles. The van der Waals surface area contributed by atoms with Gasteiger partial charge in [-0.1, -0.05) is 12.5 Å². The van der Waals surface area contributed by atoms with Gasteiger partial charge in [-0.15, -0.1) is 0 Å². The third kappa shape index (κ3) is 4.58. The molecule has 2 aliphatic carbocycles. The van der Waals surface area contributed by atoms with E-state index in [9.17, 15) is 18.0 Å². The van der Waals surface area contributed by atoms with E-state index < -0.39 is 15.9 Å². The Hall–Kier alpha value is -1.93. The number of carbonyl (C=O) groups excluding carboxylic acids is 2. The van der Waals surface area contributed by atoms with Gasteiger partial charge in [-0.3, -0.25) is 9.59 Å². The molecule has 0 unspecified atom stereocenters. The molecule has 3 N–H and O–H groups in total. The summed E-state index contributed by atoms with van der Waals surface area (Å²) < 4.78 is 27.7. The maximum atomic E-state index is 11.9. The number of benzene rings is 1. The summed E-state index contributed by atoms with van der Waals surface area (Å²) in [5, 5.41) is 7.54. The number of anilines is 1. The zero-order valence-electron chi connectivity index (χ0n) is 13.8. The molecule has 1 aromatic carbocycles. The van der Waals surface area contributed by atoms with E-state index in [0.717, 1.165) is 12.3 Å². The molecule has 25 heavy (non-hydrogen) atoms. The lowest BCUT2D eigenvalue weighted by Gasteiger charge is -2.20. The number of primary sulfonamides is 1. The first-order valence-electron chi connectivity index (χ1n) is 8.39. The number of hydrogen-bond acceptors (Lipinski definition) is 5. The van der Waals surface area contributed by atoms with Gasteiger partial charge in [-0.2, -0.15) is 0 Å². The van der Waals surface area contributed by atoms with Crippen LogP contribution in [0.25, 0.3) is 0 Å². The zero-order valence-corrected chi connectivity index (χ0v) is 14.6. The molecule has 2 aliphatic rings. The minimum atomic E-state index is -3.84. The standard InChI is InChI=1S/C17H22N2O5S/c18-25(22,23)15-3-1-2-14(9-15)19-16(20)10-24-17(21)8-13-7-11-4-5-12(13)6-11/h1-3,9,11-13H,4-8,10H2,(H,19,20)(H2,18,22,23)/t11-,12-,13+/m1/s1. The van der Waals surface area contributed by atoms with Gasteiger partial charge < -0.3 is 10.1 Å². The summed E-state index contributed by atoms with van der Waals surface area (Å²) in [4.78, 5) is 23.7. The average Bonchev–Trinajstić information content (AvgIpc) is 3.15. The second kappa shape index (κ2) is 7.13. The van der Waals surface area contributed by atoms with E-state index in [1.165, 1.54) is 43.5 Å². The number of nitrogens with two attached hydrogens (primary N) is 1. The van der Waals surface area contributed by atoms with E-state index in [1.54, 1.807) is 0 Å². The van der Waals surface area contributed by atoms with Crippen molar-refractivity contribution in [2.45, 2.75) is 37.0 Å². The number of nitrogens with one attached hydrogen (secondary N) is 1. The van der Waals surface area contributed by atoms with Crippen molar-refractivity contribution in [3.8, 4) is 0 Å². The highest BCUT2D eigenvalue weighted by Gasteiger charge is 2.40. The van der Waals surface area contributed by atoms with Crippen LogP contribution in [-0.2, 0) is 24.3 Å². The molecule has 0 spiro atoms. The first-order valence-corrected chi connectivity index (χ1v) is 9.94. The number of carbonyl (C=O) groups is 2. The summed E-state index contributed by atoms with van der Waals surface area (Å²) in [5.74, 6) is 0.907. The van der Waals surface area contributed by atoms with E-state index in [-0.39, 0.29) is 23.2 Å². The molecule has 136 valence electrons. The van der Waals surface area contributed by atoms with Gasteiger partial charge in [-0.25, -0.2) is 13.6 Å². The fourth-order valence-corrected chi connectivity index (χ4v) is 4.55. The highest BCUT2D eigenvalue weighted by atomic mass is 32.2. The van der Waals surface area contributed by atoms with E-state index in [0.29, 0.717) is 18.3 Å². The second-order valence-electron chi connectivity index (χ2n) is 6.92. The van der Waals surface area contributed by atoms with Gasteiger partial charge in [0.05, 0.1) is 4.90 Å². The average molecular weight is 366 g/mol. The number of ether oxygens (including phenoxy) is 1. The van der Waals surface area contributed by atoms with Crippen LogP contribution in [0.15, 0.2) is 29.2 Å². The molecular weight excluding hydrogens is 344 g/mol. The number of amides is 1. The molecule has 0 heterocycles. The molecule has 2 fully saturated rings. The van der Waals surface area contributed by atoms with Gasteiger partial charge in [-0.05, 0) is 55.2 Å². The van der Waals surface area contributed by atoms with Crippen molar-refractivity contribution in [3.63, 3.8) is 0 Å². The van der Waals surface area contributed by atoms with E-state index in [1.807, 2.05) is 0 Å². The fraction of sp³-hybridized carbons (Fsp3) is 0.529. The van der Waals surface area contributed by atoms with Crippen LogP contribution in [0.5, 0.6) is 0 Å².